The van der Waals surface area contributed by atoms with E-state index in [2.05, 4.69) is 33.7 Å². The Morgan fingerprint density at radius 1 is 1.15 bits per heavy atom. The largest absolute Gasteiger partial charge is 1.00 e. The lowest BCUT2D eigenvalue weighted by Gasteiger charge is -2.11. The summed E-state index contributed by atoms with van der Waals surface area (Å²) < 4.78 is 5.70. The molecule has 0 saturated heterocycles. The zero-order valence-corrected chi connectivity index (χ0v) is 17.7. The van der Waals surface area contributed by atoms with Crippen LogP contribution in [0.3, 0.4) is 0 Å². The average Bonchev–Trinajstić information content (AvgIpc) is 3.14. The zero-order valence-electron chi connectivity index (χ0n) is 15.3. The van der Waals surface area contributed by atoms with E-state index >= 15 is 0 Å². The van der Waals surface area contributed by atoms with Crippen molar-refractivity contribution in [2.24, 2.45) is 7.05 Å². The fraction of sp³-hybridized carbons (Fsp3) is 0.200. The van der Waals surface area contributed by atoms with Crippen LogP contribution in [-0.2, 0) is 13.6 Å². The van der Waals surface area contributed by atoms with Gasteiger partial charge in [-0.05, 0) is 25.1 Å². The molecule has 1 aliphatic heterocycles. The Morgan fingerprint density at radius 2 is 1.89 bits per heavy atom. The van der Waals surface area contributed by atoms with E-state index in [0.717, 1.165) is 25.6 Å². The van der Waals surface area contributed by atoms with Crippen LogP contribution in [0.1, 0.15) is 12.6 Å². The van der Waals surface area contributed by atoms with Gasteiger partial charge in [-0.15, -0.1) is 11.3 Å². The van der Waals surface area contributed by atoms with Crippen LogP contribution in [0.4, 0.5) is 5.69 Å². The number of fused-ring (bicyclic) bond motifs is 1. The van der Waals surface area contributed by atoms with E-state index in [4.69, 9.17) is 0 Å². The highest BCUT2D eigenvalue weighted by atomic mass is 35.5. The highest BCUT2D eigenvalue weighted by Crippen LogP contribution is 2.44. The molecular weight excluding hydrogens is 398 g/mol. The number of halogens is 1. The van der Waals surface area contributed by atoms with Crippen LogP contribution in [0, 0.1) is 0 Å². The third-order valence-corrected chi connectivity index (χ3v) is 7.01. The second kappa shape index (κ2) is 7.92. The minimum atomic E-state index is 0. The number of aromatic nitrogens is 2. The summed E-state index contributed by atoms with van der Waals surface area (Å²) in [6, 6.07) is 14.3. The van der Waals surface area contributed by atoms with Gasteiger partial charge in [0, 0.05) is 36.7 Å². The van der Waals surface area contributed by atoms with Gasteiger partial charge >= 0.3 is 0 Å². The Hall–Kier alpha value is -2.02. The van der Waals surface area contributed by atoms with Crippen molar-refractivity contribution in [3.63, 3.8) is 0 Å². The zero-order chi connectivity index (χ0) is 18.3. The first-order valence-corrected chi connectivity index (χ1v) is 10.1. The summed E-state index contributed by atoms with van der Waals surface area (Å²) in [5.41, 5.74) is 2.32. The number of thiazole rings is 1. The molecule has 140 valence electrons. The molecule has 0 bridgehead atoms. The second-order valence-corrected chi connectivity index (χ2v) is 8.19. The van der Waals surface area contributed by atoms with Crippen molar-refractivity contribution < 1.29 is 17.0 Å². The van der Waals surface area contributed by atoms with E-state index in [1.54, 1.807) is 23.1 Å². The van der Waals surface area contributed by atoms with Gasteiger partial charge in [-0.25, -0.2) is 4.57 Å². The molecule has 0 spiro atoms. The Kier molecular flexibility index (Phi) is 5.79. The highest BCUT2D eigenvalue weighted by molar-refractivity contribution is 8.08. The lowest BCUT2D eigenvalue weighted by molar-refractivity contribution is -0.673. The van der Waals surface area contributed by atoms with Crippen LogP contribution < -0.4 is 36.6 Å². The van der Waals surface area contributed by atoms with Gasteiger partial charge in [0.1, 0.15) is 21.3 Å². The Balaban J connectivity index is 0.00000210. The van der Waals surface area contributed by atoms with Crippen LogP contribution in [0.15, 0.2) is 58.4 Å². The molecule has 2 aromatic heterocycles. The molecular formula is C20H20ClN3OS2. The number of pyridine rings is 1. The minimum absolute atomic E-state index is 0. The summed E-state index contributed by atoms with van der Waals surface area (Å²) in [6.45, 7) is 2.68. The fourth-order valence-corrected chi connectivity index (χ4v) is 5.54. The molecule has 0 amide bonds. The van der Waals surface area contributed by atoms with Crippen molar-refractivity contribution in [3.8, 4) is 0 Å². The summed E-state index contributed by atoms with van der Waals surface area (Å²) in [7, 11) is 4.05. The Morgan fingerprint density at radius 3 is 2.59 bits per heavy atom. The standard InChI is InChI=1S/C20H20N3OS2.ClH/c1-4-23-17(13-14-9-7-8-12-21(14)2)26-18(19(23)24)20-22(3)15-10-5-6-11-16(15)25-20;/h5-13H,4H2,1-3H3;1H/q+1;/p-1. The first kappa shape index (κ1) is 19.7. The summed E-state index contributed by atoms with van der Waals surface area (Å²) in [4.78, 5) is 16.4. The smallest absolute Gasteiger partial charge is 0.271 e. The van der Waals surface area contributed by atoms with Gasteiger partial charge in [-0.2, -0.15) is 0 Å². The molecule has 0 fully saturated rings. The van der Waals surface area contributed by atoms with Crippen molar-refractivity contribution in [1.82, 2.24) is 4.57 Å². The molecule has 0 N–H and O–H groups in total. The summed E-state index contributed by atoms with van der Waals surface area (Å²) in [6.07, 6.45) is 4.10. The molecule has 4 nitrogen and oxygen atoms in total. The van der Waals surface area contributed by atoms with Crippen LogP contribution in [0.25, 0.3) is 11.1 Å². The molecule has 0 aliphatic carbocycles. The molecule has 7 heteroatoms. The second-order valence-electron chi connectivity index (χ2n) is 6.13. The number of hydrogen-bond acceptors (Lipinski definition) is 4. The molecule has 27 heavy (non-hydrogen) atoms. The van der Waals surface area contributed by atoms with E-state index in [-0.39, 0.29) is 18.0 Å². The van der Waals surface area contributed by atoms with Crippen molar-refractivity contribution in [1.29, 1.82) is 0 Å². The fourth-order valence-electron chi connectivity index (χ4n) is 3.08. The molecule has 0 atom stereocenters. The molecule has 4 rings (SSSR count). The Bertz CT molecular complexity index is 1170. The van der Waals surface area contributed by atoms with Crippen molar-refractivity contribution in [3.05, 3.63) is 73.9 Å². The third kappa shape index (κ3) is 3.45. The molecule has 0 saturated carbocycles. The van der Waals surface area contributed by atoms with E-state index in [1.165, 1.54) is 4.90 Å². The van der Waals surface area contributed by atoms with Crippen LogP contribution in [0.2, 0.25) is 0 Å². The molecule has 0 radical (unpaired) electrons. The normalized spacial score (nSPS) is 15.7. The van der Waals surface area contributed by atoms with Gasteiger partial charge in [-0.1, -0.05) is 23.9 Å². The van der Waals surface area contributed by atoms with Gasteiger partial charge in [0.25, 0.3) is 5.56 Å². The Labute approximate surface area is 172 Å². The van der Waals surface area contributed by atoms with Crippen molar-refractivity contribution in [2.45, 2.75) is 18.4 Å². The van der Waals surface area contributed by atoms with Crippen molar-refractivity contribution in [2.75, 3.05) is 11.9 Å². The molecule has 0 unspecified atom stereocenters. The molecule has 3 aromatic rings. The molecule has 1 aliphatic rings. The quantitative estimate of drug-likeness (QED) is 0.495. The summed E-state index contributed by atoms with van der Waals surface area (Å²) >= 11 is 3.24. The lowest BCUT2D eigenvalue weighted by atomic mass is 10.3. The number of benzene rings is 1. The van der Waals surface area contributed by atoms with Crippen molar-refractivity contribution >= 4 is 39.9 Å². The topological polar surface area (TPSA) is 29.1 Å². The maximum Gasteiger partial charge on any atom is 0.271 e. The number of thioether (sulfide) groups is 1. The lowest BCUT2D eigenvalue weighted by Crippen LogP contribution is -3.00. The number of para-hydroxylation sites is 1. The number of aryl methyl sites for hydroxylation is 1. The molecule has 1 aromatic carbocycles. The summed E-state index contributed by atoms with van der Waals surface area (Å²) in [5, 5.41) is 1.01. The monoisotopic (exact) mass is 417 g/mol. The van der Waals surface area contributed by atoms with E-state index < -0.39 is 0 Å². The average molecular weight is 418 g/mol. The first-order chi connectivity index (χ1) is 12.6. The third-order valence-electron chi connectivity index (χ3n) is 4.53. The maximum absolute atomic E-state index is 13.1. The van der Waals surface area contributed by atoms with Crippen LogP contribution in [-0.4, -0.2) is 11.6 Å². The number of hydrogen-bond donors (Lipinski definition) is 0. The van der Waals surface area contributed by atoms with Gasteiger partial charge in [0.05, 0.1) is 5.69 Å². The van der Waals surface area contributed by atoms with Crippen LogP contribution in [0.5, 0.6) is 0 Å². The van der Waals surface area contributed by atoms with Gasteiger partial charge in [-0.3, -0.25) is 9.36 Å². The molecule has 3 heterocycles. The first-order valence-electron chi connectivity index (χ1n) is 8.51. The SMILES string of the molecule is CCn1c(=Cc2cccc[n+]2C)sc(=C2Sc3ccccc3N2C)c1=O.[Cl-]. The number of nitrogens with zero attached hydrogens (tertiary/aromatic N) is 3. The van der Waals surface area contributed by atoms with E-state index in [1.807, 2.05) is 56.0 Å². The van der Waals surface area contributed by atoms with Crippen LogP contribution >= 0.6 is 23.1 Å². The van der Waals surface area contributed by atoms with Gasteiger partial charge < -0.3 is 17.3 Å². The van der Waals surface area contributed by atoms with Gasteiger partial charge in [0.2, 0.25) is 5.69 Å². The maximum atomic E-state index is 13.1. The number of rotatable bonds is 2. The predicted octanol–water partition coefficient (Wildman–Crippen LogP) is -1.11. The predicted molar refractivity (Wildman–Crippen MR) is 109 cm³/mol. The minimum Gasteiger partial charge on any atom is -1.00 e. The summed E-state index contributed by atoms with van der Waals surface area (Å²) in [5.74, 6) is 0. The highest BCUT2D eigenvalue weighted by Gasteiger charge is 2.24. The van der Waals surface area contributed by atoms with E-state index in [0.29, 0.717) is 6.54 Å². The number of anilines is 1. The van der Waals surface area contributed by atoms with Gasteiger partial charge in [0.15, 0.2) is 6.20 Å². The van der Waals surface area contributed by atoms with E-state index in [9.17, 15) is 4.79 Å².